The second-order valence-corrected chi connectivity index (χ2v) is 6.95. The van der Waals surface area contributed by atoms with E-state index in [2.05, 4.69) is 45.5 Å². The average molecular weight is 338 g/mol. The van der Waals surface area contributed by atoms with Gasteiger partial charge in [-0.15, -0.1) is 0 Å². The third-order valence-corrected chi connectivity index (χ3v) is 5.24. The van der Waals surface area contributed by atoms with E-state index in [-0.39, 0.29) is 0 Å². The number of rotatable bonds is 5. The Kier molecular flexibility index (Phi) is 4.95. The van der Waals surface area contributed by atoms with Crippen molar-refractivity contribution < 1.29 is 4.74 Å². The lowest BCUT2D eigenvalue weighted by Gasteiger charge is -2.47. The van der Waals surface area contributed by atoms with Gasteiger partial charge in [0.05, 0.1) is 11.7 Å². The van der Waals surface area contributed by atoms with Gasteiger partial charge in [0.2, 0.25) is 0 Å². The number of aromatic nitrogens is 2. The summed E-state index contributed by atoms with van der Waals surface area (Å²) >= 11 is 0. The van der Waals surface area contributed by atoms with Crippen LogP contribution in [0.2, 0.25) is 0 Å². The minimum atomic E-state index is 0.432. The summed E-state index contributed by atoms with van der Waals surface area (Å²) in [7, 11) is 0. The molecule has 5 heteroatoms. The Bertz CT molecular complexity index is 700. The van der Waals surface area contributed by atoms with Crippen molar-refractivity contribution in [2.75, 3.05) is 25.1 Å². The van der Waals surface area contributed by atoms with Gasteiger partial charge in [-0.05, 0) is 31.7 Å². The number of anilines is 1. The first-order chi connectivity index (χ1) is 12.3. The summed E-state index contributed by atoms with van der Waals surface area (Å²) in [4.78, 5) is 11.9. The minimum absolute atomic E-state index is 0.432. The molecular formula is C20H26N4O. The summed E-state index contributed by atoms with van der Waals surface area (Å²) in [6.45, 7) is 5.71. The Morgan fingerprint density at radius 3 is 2.64 bits per heavy atom. The summed E-state index contributed by atoms with van der Waals surface area (Å²) < 4.78 is 5.51. The monoisotopic (exact) mass is 338 g/mol. The molecular weight excluding hydrogens is 312 g/mol. The number of hydrogen-bond acceptors (Lipinski definition) is 5. The fourth-order valence-corrected chi connectivity index (χ4v) is 3.82. The number of aryl methyl sites for hydroxylation is 1. The second-order valence-electron chi connectivity index (χ2n) is 6.95. The summed E-state index contributed by atoms with van der Waals surface area (Å²) in [5.74, 6) is 1.76. The van der Waals surface area contributed by atoms with Crippen molar-refractivity contribution in [1.29, 1.82) is 0 Å². The van der Waals surface area contributed by atoms with E-state index in [1.54, 1.807) is 0 Å². The molecule has 2 aliphatic heterocycles. The van der Waals surface area contributed by atoms with Gasteiger partial charge in [-0.1, -0.05) is 30.3 Å². The van der Waals surface area contributed by atoms with Crippen molar-refractivity contribution in [3.05, 3.63) is 53.5 Å². The van der Waals surface area contributed by atoms with E-state index in [4.69, 9.17) is 9.72 Å². The molecule has 132 valence electrons. The Balaban J connectivity index is 1.45. The summed E-state index contributed by atoms with van der Waals surface area (Å²) in [5, 5.41) is 3.45. The lowest BCUT2D eigenvalue weighted by Crippen LogP contribution is -2.50. The van der Waals surface area contributed by atoms with Crippen LogP contribution in [0.3, 0.4) is 0 Å². The molecule has 25 heavy (non-hydrogen) atoms. The molecule has 4 rings (SSSR count). The SMILES string of the molecule is Cc1nc(NCc2ccccc2)cc([C@@H]2CCN2C2CCOCC2)n1. The van der Waals surface area contributed by atoms with Crippen LogP contribution in [0.15, 0.2) is 36.4 Å². The van der Waals surface area contributed by atoms with E-state index in [1.165, 1.54) is 18.5 Å². The number of likely N-dealkylation sites (tertiary alicyclic amines) is 1. The number of hydrogen-bond donors (Lipinski definition) is 1. The normalized spacial score (nSPS) is 21.7. The Hall–Kier alpha value is -1.98. The van der Waals surface area contributed by atoms with Crippen molar-refractivity contribution in [2.45, 2.75) is 44.8 Å². The van der Waals surface area contributed by atoms with Gasteiger partial charge in [0.25, 0.3) is 0 Å². The molecule has 0 amide bonds. The maximum Gasteiger partial charge on any atom is 0.130 e. The van der Waals surface area contributed by atoms with E-state index in [1.807, 2.05) is 13.0 Å². The first-order valence-corrected chi connectivity index (χ1v) is 9.26. The number of nitrogens with zero attached hydrogens (tertiary/aromatic N) is 3. The molecule has 2 saturated heterocycles. The van der Waals surface area contributed by atoms with Crippen LogP contribution in [0.5, 0.6) is 0 Å². The van der Waals surface area contributed by atoms with Gasteiger partial charge in [-0.25, -0.2) is 9.97 Å². The average Bonchev–Trinajstić information content (AvgIpc) is 2.60. The molecule has 0 radical (unpaired) electrons. The van der Waals surface area contributed by atoms with Crippen molar-refractivity contribution in [1.82, 2.24) is 14.9 Å². The maximum atomic E-state index is 5.51. The van der Waals surface area contributed by atoms with Crippen molar-refractivity contribution in [3.63, 3.8) is 0 Å². The van der Waals surface area contributed by atoms with Gasteiger partial charge in [-0.3, -0.25) is 4.90 Å². The molecule has 0 unspecified atom stereocenters. The number of benzene rings is 1. The van der Waals surface area contributed by atoms with Crippen LogP contribution < -0.4 is 5.32 Å². The summed E-state index contributed by atoms with van der Waals surface area (Å²) in [6, 6.07) is 13.6. The molecule has 1 atom stereocenters. The summed E-state index contributed by atoms with van der Waals surface area (Å²) in [6.07, 6.45) is 3.46. The Morgan fingerprint density at radius 2 is 1.92 bits per heavy atom. The molecule has 2 aliphatic rings. The van der Waals surface area contributed by atoms with Gasteiger partial charge < -0.3 is 10.1 Å². The van der Waals surface area contributed by atoms with Gasteiger partial charge in [0, 0.05) is 38.4 Å². The molecule has 2 aromatic rings. The lowest BCUT2D eigenvalue weighted by atomic mass is 9.93. The van der Waals surface area contributed by atoms with Gasteiger partial charge in [0.1, 0.15) is 11.6 Å². The maximum absolute atomic E-state index is 5.51. The largest absolute Gasteiger partial charge is 0.381 e. The highest BCUT2D eigenvalue weighted by Gasteiger charge is 2.36. The van der Waals surface area contributed by atoms with Crippen LogP contribution >= 0.6 is 0 Å². The zero-order chi connectivity index (χ0) is 17.1. The Morgan fingerprint density at radius 1 is 1.12 bits per heavy atom. The molecule has 0 saturated carbocycles. The fraction of sp³-hybridized carbons (Fsp3) is 0.500. The van der Waals surface area contributed by atoms with Crippen LogP contribution in [0.1, 0.15) is 42.4 Å². The fourth-order valence-electron chi connectivity index (χ4n) is 3.82. The van der Waals surface area contributed by atoms with Gasteiger partial charge in [0.15, 0.2) is 0 Å². The van der Waals surface area contributed by atoms with Crippen LogP contribution in [0, 0.1) is 6.92 Å². The molecule has 1 N–H and O–H groups in total. The van der Waals surface area contributed by atoms with Crippen LogP contribution in [-0.4, -0.2) is 40.7 Å². The third kappa shape index (κ3) is 3.83. The summed E-state index contributed by atoms with van der Waals surface area (Å²) in [5.41, 5.74) is 2.41. The standard InChI is InChI=1S/C20H26N4O/c1-15-22-18(19-7-10-24(19)17-8-11-25-12-9-17)13-20(23-15)21-14-16-5-3-2-4-6-16/h2-6,13,17,19H,7-12,14H2,1H3,(H,21,22,23)/t19-/m0/s1. The molecule has 0 spiro atoms. The van der Waals surface area contributed by atoms with Crippen molar-refractivity contribution >= 4 is 5.82 Å². The van der Waals surface area contributed by atoms with E-state index in [0.717, 1.165) is 49.9 Å². The van der Waals surface area contributed by atoms with Gasteiger partial charge >= 0.3 is 0 Å². The second kappa shape index (κ2) is 7.50. The molecule has 3 heterocycles. The van der Waals surface area contributed by atoms with E-state index < -0.39 is 0 Å². The van der Waals surface area contributed by atoms with Crippen molar-refractivity contribution in [2.24, 2.45) is 0 Å². The van der Waals surface area contributed by atoms with Crippen LogP contribution in [-0.2, 0) is 11.3 Å². The quantitative estimate of drug-likeness (QED) is 0.906. The van der Waals surface area contributed by atoms with E-state index in [0.29, 0.717) is 12.1 Å². The van der Waals surface area contributed by atoms with E-state index >= 15 is 0 Å². The highest BCUT2D eigenvalue weighted by Crippen LogP contribution is 2.37. The Labute approximate surface area is 149 Å². The van der Waals surface area contributed by atoms with Crippen molar-refractivity contribution in [3.8, 4) is 0 Å². The zero-order valence-electron chi connectivity index (χ0n) is 14.8. The minimum Gasteiger partial charge on any atom is -0.381 e. The highest BCUT2D eigenvalue weighted by molar-refractivity contribution is 5.38. The first kappa shape index (κ1) is 16.5. The highest BCUT2D eigenvalue weighted by atomic mass is 16.5. The van der Waals surface area contributed by atoms with Crippen LogP contribution in [0.4, 0.5) is 5.82 Å². The topological polar surface area (TPSA) is 50.3 Å². The molecule has 0 aliphatic carbocycles. The third-order valence-electron chi connectivity index (χ3n) is 5.24. The number of nitrogens with one attached hydrogen (secondary N) is 1. The number of ether oxygens (including phenoxy) is 1. The predicted octanol–water partition coefficient (Wildman–Crippen LogP) is 3.32. The van der Waals surface area contributed by atoms with E-state index in [9.17, 15) is 0 Å². The molecule has 1 aromatic carbocycles. The molecule has 0 bridgehead atoms. The lowest BCUT2D eigenvalue weighted by molar-refractivity contribution is -0.0257. The van der Waals surface area contributed by atoms with Gasteiger partial charge in [-0.2, -0.15) is 0 Å². The molecule has 5 nitrogen and oxygen atoms in total. The molecule has 1 aromatic heterocycles. The first-order valence-electron chi connectivity index (χ1n) is 9.26. The predicted molar refractivity (Wildman–Crippen MR) is 98.4 cm³/mol. The van der Waals surface area contributed by atoms with Crippen LogP contribution in [0.25, 0.3) is 0 Å². The molecule has 2 fully saturated rings. The smallest absolute Gasteiger partial charge is 0.130 e. The zero-order valence-corrected chi connectivity index (χ0v) is 14.8.